The normalized spacial score (nSPS) is 28.5. The molecule has 0 bridgehead atoms. The Labute approximate surface area is 154 Å². The van der Waals surface area contributed by atoms with E-state index in [0.29, 0.717) is 18.5 Å². The van der Waals surface area contributed by atoms with Gasteiger partial charge < -0.3 is 20.1 Å². The summed E-state index contributed by atoms with van der Waals surface area (Å²) < 4.78 is 11.9. The molecular formula is C19H27N3O2S. The summed E-state index contributed by atoms with van der Waals surface area (Å²) in [7, 11) is 0. The van der Waals surface area contributed by atoms with Crippen LogP contribution in [-0.2, 0) is 6.42 Å². The highest BCUT2D eigenvalue weighted by molar-refractivity contribution is 7.99. The molecule has 2 fully saturated rings. The third-order valence-electron chi connectivity index (χ3n) is 5.12. The van der Waals surface area contributed by atoms with Gasteiger partial charge in [-0.05, 0) is 32.4 Å². The van der Waals surface area contributed by atoms with Crippen LogP contribution in [0.2, 0.25) is 0 Å². The molecule has 1 aliphatic carbocycles. The van der Waals surface area contributed by atoms with Crippen molar-refractivity contribution in [1.82, 2.24) is 4.90 Å². The monoisotopic (exact) mass is 361 g/mol. The first-order valence-electron chi connectivity index (χ1n) is 9.28. The van der Waals surface area contributed by atoms with Crippen LogP contribution < -0.4 is 15.2 Å². The minimum atomic E-state index is 0.250. The van der Waals surface area contributed by atoms with E-state index in [4.69, 9.17) is 20.2 Å². The Morgan fingerprint density at radius 2 is 2.20 bits per heavy atom. The number of hydrogen-bond acceptors (Lipinski definition) is 4. The summed E-state index contributed by atoms with van der Waals surface area (Å²) in [6.07, 6.45) is 2.25. The summed E-state index contributed by atoms with van der Waals surface area (Å²) in [6.45, 7) is 6.83. The molecule has 0 spiro atoms. The first kappa shape index (κ1) is 16.9. The number of rotatable bonds is 4. The zero-order valence-corrected chi connectivity index (χ0v) is 15.8. The zero-order valence-electron chi connectivity index (χ0n) is 15.0. The highest BCUT2D eigenvalue weighted by Crippen LogP contribution is 2.49. The molecular weight excluding hydrogens is 334 g/mol. The Kier molecular flexibility index (Phi) is 4.71. The lowest BCUT2D eigenvalue weighted by atomic mass is 10.0. The van der Waals surface area contributed by atoms with Crippen molar-refractivity contribution in [3.8, 4) is 11.5 Å². The van der Waals surface area contributed by atoms with Crippen LogP contribution in [0, 0.1) is 0 Å². The Balaban J connectivity index is 1.52. The molecule has 1 aromatic rings. The Morgan fingerprint density at radius 1 is 1.40 bits per heavy atom. The second kappa shape index (κ2) is 6.98. The molecule has 5 nitrogen and oxygen atoms in total. The van der Waals surface area contributed by atoms with E-state index in [9.17, 15) is 0 Å². The number of nitrogens with two attached hydrogens (primary N) is 1. The molecule has 2 aliphatic heterocycles. The highest BCUT2D eigenvalue weighted by Gasteiger charge is 2.42. The van der Waals surface area contributed by atoms with Gasteiger partial charge in [0.1, 0.15) is 17.6 Å². The topological polar surface area (TPSA) is 60.1 Å². The molecule has 3 aliphatic rings. The smallest absolute Gasteiger partial charge is 0.191 e. The standard InChI is InChI=1S/C19H27N3O2S/c1-3-23-18-9-13-8-12(2)24-17(13)11-15(18)14-10-16(14)21-19(20)22-4-6-25-7-5-22/h9,11-12,14,16H,3-8,10H2,1-2H3,(H2,20,21). The highest BCUT2D eigenvalue weighted by atomic mass is 32.2. The largest absolute Gasteiger partial charge is 0.494 e. The van der Waals surface area contributed by atoms with Gasteiger partial charge in [0.05, 0.1) is 12.6 Å². The van der Waals surface area contributed by atoms with Gasteiger partial charge in [0.2, 0.25) is 0 Å². The molecule has 2 N–H and O–H groups in total. The maximum atomic E-state index is 6.25. The van der Waals surface area contributed by atoms with Crippen LogP contribution in [-0.4, -0.2) is 54.2 Å². The van der Waals surface area contributed by atoms with Gasteiger partial charge in [0, 0.05) is 48.1 Å². The number of thioether (sulfide) groups is 1. The third-order valence-corrected chi connectivity index (χ3v) is 6.06. The average molecular weight is 362 g/mol. The molecule has 0 aromatic heterocycles. The van der Waals surface area contributed by atoms with Crippen LogP contribution in [0.15, 0.2) is 17.1 Å². The molecule has 6 heteroatoms. The average Bonchev–Trinajstić information content (AvgIpc) is 3.27. The minimum Gasteiger partial charge on any atom is -0.494 e. The molecule has 3 unspecified atom stereocenters. The molecule has 0 amide bonds. The van der Waals surface area contributed by atoms with E-state index < -0.39 is 0 Å². The summed E-state index contributed by atoms with van der Waals surface area (Å²) in [5, 5.41) is 0. The fourth-order valence-electron chi connectivity index (χ4n) is 3.73. The summed E-state index contributed by atoms with van der Waals surface area (Å²) in [4.78, 5) is 7.01. The Hall–Kier alpha value is -1.56. The lowest BCUT2D eigenvalue weighted by Gasteiger charge is -2.27. The van der Waals surface area contributed by atoms with E-state index in [1.165, 1.54) is 11.1 Å². The summed E-state index contributed by atoms with van der Waals surface area (Å²) in [5.41, 5.74) is 8.73. The number of nitrogens with zero attached hydrogens (tertiary/aromatic N) is 2. The summed E-state index contributed by atoms with van der Waals surface area (Å²) in [6, 6.07) is 4.62. The van der Waals surface area contributed by atoms with E-state index in [-0.39, 0.29) is 12.1 Å². The molecule has 1 saturated carbocycles. The van der Waals surface area contributed by atoms with Gasteiger partial charge in [-0.15, -0.1) is 0 Å². The second-order valence-corrected chi connectivity index (χ2v) is 8.28. The van der Waals surface area contributed by atoms with Gasteiger partial charge in [-0.3, -0.25) is 0 Å². The predicted molar refractivity (Wildman–Crippen MR) is 103 cm³/mol. The molecule has 0 radical (unpaired) electrons. The third kappa shape index (κ3) is 3.54. The summed E-state index contributed by atoms with van der Waals surface area (Å²) >= 11 is 1.98. The van der Waals surface area contributed by atoms with E-state index in [0.717, 1.165) is 48.9 Å². The van der Waals surface area contributed by atoms with Crippen molar-refractivity contribution in [2.75, 3.05) is 31.2 Å². The SMILES string of the molecule is CCOc1cc2c(cc1C1CC1N=C(N)N1CCSCC1)OC(C)C2. The molecule has 3 atom stereocenters. The van der Waals surface area contributed by atoms with Crippen LogP contribution in [0.25, 0.3) is 0 Å². The number of guanidine groups is 1. The van der Waals surface area contributed by atoms with Crippen molar-refractivity contribution in [3.05, 3.63) is 23.3 Å². The minimum absolute atomic E-state index is 0.250. The number of aliphatic imine (C=N–C) groups is 1. The van der Waals surface area contributed by atoms with E-state index in [2.05, 4.69) is 24.0 Å². The maximum absolute atomic E-state index is 6.25. The Bertz CT molecular complexity index is 673. The van der Waals surface area contributed by atoms with Crippen LogP contribution >= 0.6 is 11.8 Å². The van der Waals surface area contributed by atoms with Gasteiger partial charge in [-0.2, -0.15) is 11.8 Å². The van der Waals surface area contributed by atoms with Crippen LogP contribution in [0.4, 0.5) is 0 Å². The molecule has 1 saturated heterocycles. The van der Waals surface area contributed by atoms with E-state index in [1.807, 2.05) is 18.7 Å². The number of hydrogen-bond donors (Lipinski definition) is 1. The molecule has 1 aromatic carbocycles. The zero-order chi connectivity index (χ0) is 17.4. The van der Waals surface area contributed by atoms with Crippen LogP contribution in [0.1, 0.15) is 37.3 Å². The maximum Gasteiger partial charge on any atom is 0.191 e. The molecule has 2 heterocycles. The number of benzene rings is 1. The van der Waals surface area contributed by atoms with Gasteiger partial charge in [0.25, 0.3) is 0 Å². The summed E-state index contributed by atoms with van der Waals surface area (Å²) in [5.74, 6) is 5.38. The number of fused-ring (bicyclic) bond motifs is 1. The van der Waals surface area contributed by atoms with Crippen LogP contribution in [0.3, 0.4) is 0 Å². The molecule has 4 rings (SSSR count). The van der Waals surface area contributed by atoms with Gasteiger partial charge in [0.15, 0.2) is 5.96 Å². The van der Waals surface area contributed by atoms with Gasteiger partial charge in [-0.25, -0.2) is 4.99 Å². The Morgan fingerprint density at radius 3 is 2.96 bits per heavy atom. The first-order valence-corrected chi connectivity index (χ1v) is 10.4. The van der Waals surface area contributed by atoms with Gasteiger partial charge in [-0.1, -0.05) is 0 Å². The fourth-order valence-corrected chi connectivity index (χ4v) is 4.63. The lowest BCUT2D eigenvalue weighted by Crippen LogP contribution is -2.42. The fraction of sp³-hybridized carbons (Fsp3) is 0.632. The van der Waals surface area contributed by atoms with Crippen molar-refractivity contribution in [2.24, 2.45) is 10.7 Å². The van der Waals surface area contributed by atoms with E-state index in [1.54, 1.807) is 0 Å². The first-order chi connectivity index (χ1) is 12.2. The van der Waals surface area contributed by atoms with Crippen molar-refractivity contribution in [3.63, 3.8) is 0 Å². The van der Waals surface area contributed by atoms with Crippen molar-refractivity contribution >= 4 is 17.7 Å². The predicted octanol–water partition coefficient (Wildman–Crippen LogP) is 2.63. The quantitative estimate of drug-likeness (QED) is 0.660. The number of ether oxygens (including phenoxy) is 2. The van der Waals surface area contributed by atoms with Crippen molar-refractivity contribution in [1.29, 1.82) is 0 Å². The lowest BCUT2D eigenvalue weighted by molar-refractivity contribution is 0.254. The van der Waals surface area contributed by atoms with Crippen molar-refractivity contribution < 1.29 is 9.47 Å². The second-order valence-electron chi connectivity index (χ2n) is 7.06. The molecule has 136 valence electrons. The molecule has 25 heavy (non-hydrogen) atoms. The van der Waals surface area contributed by atoms with Gasteiger partial charge >= 0.3 is 0 Å². The van der Waals surface area contributed by atoms with Crippen molar-refractivity contribution in [2.45, 2.75) is 44.8 Å². The van der Waals surface area contributed by atoms with Crippen LogP contribution in [0.5, 0.6) is 11.5 Å². The van der Waals surface area contributed by atoms with E-state index >= 15 is 0 Å².